The van der Waals surface area contributed by atoms with Crippen LogP contribution >= 0.6 is 27.3 Å². The molecule has 0 saturated heterocycles. The number of carbonyl (C=O) groups excluding carboxylic acids is 2. The number of aromatic nitrogens is 1. The van der Waals surface area contributed by atoms with Gasteiger partial charge in [-0.15, -0.1) is 0 Å². The Morgan fingerprint density at radius 2 is 2.00 bits per heavy atom. The lowest BCUT2D eigenvalue weighted by atomic mass is 10.2. The summed E-state index contributed by atoms with van der Waals surface area (Å²) in [6.45, 7) is -0.0254. The minimum absolute atomic E-state index is 0.0254. The maximum Gasteiger partial charge on any atom is 0.325 e. The van der Waals surface area contributed by atoms with E-state index in [-0.39, 0.29) is 6.54 Å². The quantitative estimate of drug-likeness (QED) is 0.590. The second-order valence-electron chi connectivity index (χ2n) is 5.31. The van der Waals surface area contributed by atoms with Crippen LogP contribution in [0.4, 0.5) is 0 Å². The van der Waals surface area contributed by atoms with E-state index in [4.69, 9.17) is 9.47 Å². The van der Waals surface area contributed by atoms with E-state index < -0.39 is 11.9 Å². The van der Waals surface area contributed by atoms with Crippen LogP contribution in [0.3, 0.4) is 0 Å². The Hall–Kier alpha value is -2.45. The summed E-state index contributed by atoms with van der Waals surface area (Å²) in [5, 5.41) is 0. The summed E-state index contributed by atoms with van der Waals surface area (Å²) in [4.78, 5) is 29.0. The van der Waals surface area contributed by atoms with E-state index >= 15 is 0 Å². The van der Waals surface area contributed by atoms with Crippen LogP contribution in [0.25, 0.3) is 10.2 Å². The molecule has 2 aromatic carbocycles. The molecule has 1 heterocycles. The number of methoxy groups -OCH3 is 2. The Balaban J connectivity index is 2.12. The average molecular weight is 435 g/mol. The van der Waals surface area contributed by atoms with Crippen LogP contribution in [0.1, 0.15) is 10.4 Å². The molecule has 0 aliphatic heterocycles. The highest BCUT2D eigenvalue weighted by molar-refractivity contribution is 9.10. The van der Waals surface area contributed by atoms with Gasteiger partial charge in [0.1, 0.15) is 12.3 Å². The fourth-order valence-corrected chi connectivity index (χ4v) is 3.97. The van der Waals surface area contributed by atoms with Gasteiger partial charge in [-0.2, -0.15) is 4.99 Å². The zero-order chi connectivity index (χ0) is 18.7. The van der Waals surface area contributed by atoms with Gasteiger partial charge in [0.25, 0.3) is 5.91 Å². The predicted octanol–water partition coefficient (Wildman–Crippen LogP) is 3.39. The second kappa shape index (κ2) is 7.84. The van der Waals surface area contributed by atoms with Gasteiger partial charge >= 0.3 is 5.97 Å². The highest BCUT2D eigenvalue weighted by Crippen LogP contribution is 2.22. The van der Waals surface area contributed by atoms with E-state index in [0.717, 1.165) is 14.7 Å². The van der Waals surface area contributed by atoms with E-state index in [1.54, 1.807) is 28.8 Å². The number of ether oxygens (including phenoxy) is 2. The minimum atomic E-state index is -0.414. The molecule has 0 unspecified atom stereocenters. The summed E-state index contributed by atoms with van der Waals surface area (Å²) < 4.78 is 13.4. The van der Waals surface area contributed by atoms with Crippen molar-refractivity contribution in [3.05, 3.63) is 57.3 Å². The van der Waals surface area contributed by atoms with E-state index in [0.29, 0.717) is 16.1 Å². The van der Waals surface area contributed by atoms with Gasteiger partial charge in [-0.25, -0.2) is 0 Å². The summed E-state index contributed by atoms with van der Waals surface area (Å²) in [6, 6.07) is 12.4. The first kappa shape index (κ1) is 18.3. The van der Waals surface area contributed by atoms with Gasteiger partial charge in [-0.1, -0.05) is 33.3 Å². The molecule has 0 spiro atoms. The minimum Gasteiger partial charge on any atom is -0.497 e. The van der Waals surface area contributed by atoms with Gasteiger partial charge in [0.15, 0.2) is 4.80 Å². The smallest absolute Gasteiger partial charge is 0.325 e. The summed E-state index contributed by atoms with van der Waals surface area (Å²) >= 11 is 4.76. The number of esters is 1. The number of fused-ring (bicyclic) bond motifs is 1. The van der Waals surface area contributed by atoms with Crippen molar-refractivity contribution in [3.63, 3.8) is 0 Å². The predicted molar refractivity (Wildman–Crippen MR) is 102 cm³/mol. The van der Waals surface area contributed by atoms with Crippen LogP contribution in [0.2, 0.25) is 0 Å². The summed E-state index contributed by atoms with van der Waals surface area (Å²) in [6.07, 6.45) is 0. The molecule has 0 aliphatic carbocycles. The van der Waals surface area contributed by atoms with E-state index in [9.17, 15) is 9.59 Å². The number of rotatable bonds is 4. The first-order valence-electron chi connectivity index (χ1n) is 7.60. The average Bonchev–Trinajstić information content (AvgIpc) is 2.97. The van der Waals surface area contributed by atoms with E-state index in [2.05, 4.69) is 20.9 Å². The first-order valence-corrected chi connectivity index (χ1v) is 9.21. The molecule has 0 saturated carbocycles. The van der Waals surface area contributed by atoms with Crippen LogP contribution in [0.5, 0.6) is 5.75 Å². The standard InChI is InChI=1S/C18H15BrN2O4S/c1-24-13-5-3-4-11(8-13)17(23)20-18-21(10-16(22)25-2)14-7-6-12(19)9-15(14)26-18/h3-9H,10H2,1-2H3. The number of carbonyl (C=O) groups is 2. The third-order valence-electron chi connectivity index (χ3n) is 3.67. The zero-order valence-electron chi connectivity index (χ0n) is 14.1. The Morgan fingerprint density at radius 3 is 2.73 bits per heavy atom. The van der Waals surface area contributed by atoms with Crippen LogP contribution in [0.15, 0.2) is 51.9 Å². The Morgan fingerprint density at radius 1 is 1.19 bits per heavy atom. The third kappa shape index (κ3) is 3.86. The molecule has 1 aromatic heterocycles. The number of nitrogens with zero attached hydrogens (tertiary/aromatic N) is 2. The normalized spacial score (nSPS) is 11.6. The number of benzene rings is 2. The highest BCUT2D eigenvalue weighted by Gasteiger charge is 2.13. The number of halogens is 1. The molecule has 1 amide bonds. The molecule has 3 rings (SSSR count). The molecule has 0 N–H and O–H groups in total. The summed E-state index contributed by atoms with van der Waals surface area (Å²) in [5.41, 5.74) is 1.22. The maximum atomic E-state index is 12.6. The monoisotopic (exact) mass is 434 g/mol. The molecule has 0 bridgehead atoms. The molecule has 0 aliphatic rings. The van der Waals surface area contributed by atoms with Gasteiger partial charge in [0.05, 0.1) is 24.4 Å². The molecule has 8 heteroatoms. The van der Waals surface area contributed by atoms with Crippen molar-refractivity contribution in [2.24, 2.45) is 4.99 Å². The molecule has 0 radical (unpaired) electrons. The van der Waals surface area contributed by atoms with Crippen molar-refractivity contribution in [3.8, 4) is 5.75 Å². The fraction of sp³-hybridized carbons (Fsp3) is 0.167. The van der Waals surface area contributed by atoms with Crippen molar-refractivity contribution in [1.29, 1.82) is 0 Å². The van der Waals surface area contributed by atoms with Gasteiger partial charge < -0.3 is 14.0 Å². The van der Waals surface area contributed by atoms with E-state index in [1.165, 1.54) is 25.6 Å². The van der Waals surface area contributed by atoms with Crippen LogP contribution in [-0.4, -0.2) is 30.7 Å². The van der Waals surface area contributed by atoms with Crippen molar-refractivity contribution in [1.82, 2.24) is 4.57 Å². The van der Waals surface area contributed by atoms with E-state index in [1.807, 2.05) is 18.2 Å². The zero-order valence-corrected chi connectivity index (χ0v) is 16.5. The molecular weight excluding hydrogens is 420 g/mol. The van der Waals surface area contributed by atoms with Gasteiger partial charge in [0.2, 0.25) is 0 Å². The Kier molecular flexibility index (Phi) is 5.53. The third-order valence-corrected chi connectivity index (χ3v) is 5.21. The number of hydrogen-bond acceptors (Lipinski definition) is 5. The lowest BCUT2D eigenvalue weighted by molar-refractivity contribution is -0.141. The van der Waals surface area contributed by atoms with Gasteiger partial charge in [-0.05, 0) is 36.4 Å². The number of hydrogen-bond donors (Lipinski definition) is 0. The molecule has 26 heavy (non-hydrogen) atoms. The Labute approximate surface area is 161 Å². The molecule has 3 aromatic rings. The summed E-state index contributed by atoms with van der Waals surface area (Å²) in [5.74, 6) is -0.246. The van der Waals surface area contributed by atoms with Crippen molar-refractivity contribution >= 4 is 49.4 Å². The van der Waals surface area contributed by atoms with Gasteiger partial charge in [-0.3, -0.25) is 9.59 Å². The lowest BCUT2D eigenvalue weighted by Crippen LogP contribution is -2.22. The first-order chi connectivity index (χ1) is 12.5. The maximum absolute atomic E-state index is 12.6. The molecular formula is C18H15BrN2O4S. The summed E-state index contributed by atoms with van der Waals surface area (Å²) in [7, 11) is 2.86. The lowest BCUT2D eigenvalue weighted by Gasteiger charge is -2.04. The number of amides is 1. The van der Waals surface area contributed by atoms with Gasteiger partial charge in [0, 0.05) is 10.0 Å². The SMILES string of the molecule is COC(=O)Cn1c(=NC(=O)c2cccc(OC)c2)sc2cc(Br)ccc21. The van der Waals surface area contributed by atoms with Crippen molar-refractivity contribution < 1.29 is 19.1 Å². The molecule has 6 nitrogen and oxygen atoms in total. The van der Waals surface area contributed by atoms with Crippen molar-refractivity contribution in [2.75, 3.05) is 14.2 Å². The highest BCUT2D eigenvalue weighted by atomic mass is 79.9. The largest absolute Gasteiger partial charge is 0.497 e. The Bertz CT molecular complexity index is 1050. The number of thiazole rings is 1. The molecule has 0 fully saturated rings. The van der Waals surface area contributed by atoms with Crippen LogP contribution < -0.4 is 9.54 Å². The fourth-order valence-electron chi connectivity index (χ4n) is 2.39. The van der Waals surface area contributed by atoms with Crippen LogP contribution in [-0.2, 0) is 16.1 Å². The molecule has 0 atom stereocenters. The molecule has 134 valence electrons. The van der Waals surface area contributed by atoms with Crippen molar-refractivity contribution in [2.45, 2.75) is 6.54 Å². The second-order valence-corrected chi connectivity index (χ2v) is 7.23. The topological polar surface area (TPSA) is 69.9 Å². The van der Waals surface area contributed by atoms with Crippen LogP contribution in [0, 0.1) is 0 Å².